The van der Waals surface area contributed by atoms with Gasteiger partial charge >= 0.3 is 11.9 Å². The molecule has 166 valence electrons. The Bertz CT molecular complexity index is 368. The van der Waals surface area contributed by atoms with E-state index in [4.69, 9.17) is 4.74 Å². The smallest absolute Gasteiger partial charge is 0.313 e. The summed E-state index contributed by atoms with van der Waals surface area (Å²) in [5.41, 5.74) is 0. The Balaban J connectivity index is 3.32. The van der Waals surface area contributed by atoms with Crippen LogP contribution in [0.4, 0.5) is 0 Å². The van der Waals surface area contributed by atoms with Crippen LogP contribution in [-0.4, -0.2) is 23.1 Å². The third-order valence-corrected chi connectivity index (χ3v) is 5.27. The fourth-order valence-corrected chi connectivity index (χ4v) is 3.41. The molecule has 0 aliphatic heterocycles. The summed E-state index contributed by atoms with van der Waals surface area (Å²) in [4.78, 5) is 23.0. The van der Waals surface area contributed by atoms with Crippen molar-refractivity contribution in [2.24, 2.45) is 0 Å². The maximum absolute atomic E-state index is 11.6. The van der Waals surface area contributed by atoms with E-state index in [1.54, 1.807) is 0 Å². The van der Waals surface area contributed by atoms with Gasteiger partial charge in [0.15, 0.2) is 0 Å². The number of aliphatic hydroxyl groups excluding tert-OH is 1. The van der Waals surface area contributed by atoms with Crippen molar-refractivity contribution in [2.75, 3.05) is 0 Å². The predicted octanol–water partition coefficient (Wildman–Crippen LogP) is 6.87. The zero-order valence-corrected chi connectivity index (χ0v) is 18.7. The van der Waals surface area contributed by atoms with E-state index in [-0.39, 0.29) is 18.0 Å². The fourth-order valence-electron chi connectivity index (χ4n) is 3.41. The number of hydrogen-bond donors (Lipinski definition) is 1. The molecule has 0 aromatic carbocycles. The van der Waals surface area contributed by atoms with Crippen molar-refractivity contribution >= 4 is 11.9 Å². The molecule has 0 aliphatic rings. The summed E-state index contributed by atoms with van der Waals surface area (Å²) in [5.74, 6) is -0.737. The molecule has 0 aromatic heterocycles. The maximum Gasteiger partial charge on any atom is 0.313 e. The van der Waals surface area contributed by atoms with Crippen molar-refractivity contribution in [3.8, 4) is 0 Å². The summed E-state index contributed by atoms with van der Waals surface area (Å²) in [6.45, 7) is 4.29. The van der Waals surface area contributed by atoms with E-state index in [9.17, 15) is 14.7 Å². The molecule has 0 saturated heterocycles. The average molecular weight is 399 g/mol. The van der Waals surface area contributed by atoms with Crippen molar-refractivity contribution in [3.63, 3.8) is 0 Å². The van der Waals surface area contributed by atoms with E-state index < -0.39 is 0 Å². The van der Waals surface area contributed by atoms with E-state index in [0.717, 1.165) is 64.2 Å². The fraction of sp³-hybridized carbons (Fsp3) is 0.917. The highest BCUT2D eigenvalue weighted by molar-refractivity contribution is 5.85. The number of rotatable bonds is 20. The lowest BCUT2D eigenvalue weighted by Gasteiger charge is -2.10. The molecule has 0 radical (unpaired) electrons. The third-order valence-electron chi connectivity index (χ3n) is 5.27. The van der Waals surface area contributed by atoms with Gasteiger partial charge in [-0.15, -0.1) is 0 Å². The number of carbonyl (C=O) groups is 2. The summed E-state index contributed by atoms with van der Waals surface area (Å²) in [5, 5.41) is 9.94. The Morgan fingerprint density at radius 1 is 0.607 bits per heavy atom. The highest BCUT2D eigenvalue weighted by Crippen LogP contribution is 2.14. The Kier molecular flexibility index (Phi) is 20.2. The highest BCUT2D eigenvalue weighted by atomic mass is 16.6. The third kappa shape index (κ3) is 19.9. The normalized spacial score (nSPS) is 12.1. The number of aliphatic hydroxyl groups is 1. The van der Waals surface area contributed by atoms with Crippen LogP contribution in [0, 0.1) is 0 Å². The molecule has 0 fully saturated rings. The minimum atomic E-state index is -0.371. The first kappa shape index (κ1) is 27.1. The molecule has 0 amide bonds. The van der Waals surface area contributed by atoms with Gasteiger partial charge in [0.1, 0.15) is 0 Å². The van der Waals surface area contributed by atoms with Gasteiger partial charge in [-0.3, -0.25) is 9.59 Å². The Hall–Kier alpha value is -0.900. The average Bonchev–Trinajstić information content (AvgIpc) is 2.67. The molecule has 1 N–H and O–H groups in total. The predicted molar refractivity (Wildman–Crippen MR) is 116 cm³/mol. The van der Waals surface area contributed by atoms with E-state index >= 15 is 0 Å². The number of hydrogen-bond acceptors (Lipinski definition) is 4. The lowest BCUT2D eigenvalue weighted by Crippen LogP contribution is -2.11. The van der Waals surface area contributed by atoms with Crippen molar-refractivity contribution in [1.29, 1.82) is 0 Å². The Morgan fingerprint density at radius 3 is 1.46 bits per heavy atom. The second-order valence-electron chi connectivity index (χ2n) is 8.17. The minimum absolute atomic E-state index is 0.102. The quantitative estimate of drug-likeness (QED) is 0.138. The van der Waals surface area contributed by atoms with Crippen molar-refractivity contribution in [2.45, 2.75) is 142 Å². The van der Waals surface area contributed by atoms with Gasteiger partial charge < -0.3 is 9.84 Å². The Morgan fingerprint density at radius 2 is 0.964 bits per heavy atom. The number of unbranched alkanes of at least 4 members (excludes halogenated alkanes) is 12. The van der Waals surface area contributed by atoms with Gasteiger partial charge in [-0.05, 0) is 25.7 Å². The second-order valence-corrected chi connectivity index (χ2v) is 8.17. The van der Waals surface area contributed by atoms with Crippen LogP contribution in [0.25, 0.3) is 0 Å². The number of ether oxygens (including phenoxy) is 1. The number of esters is 2. The molecule has 0 spiro atoms. The molecule has 28 heavy (non-hydrogen) atoms. The molecule has 0 heterocycles. The summed E-state index contributed by atoms with van der Waals surface area (Å²) >= 11 is 0. The van der Waals surface area contributed by atoms with Gasteiger partial charge in [0.25, 0.3) is 0 Å². The molecule has 0 bridgehead atoms. The molecule has 4 heteroatoms. The first-order chi connectivity index (χ1) is 13.6. The number of carbonyl (C=O) groups excluding carboxylic acids is 2. The zero-order chi connectivity index (χ0) is 20.9. The largest absolute Gasteiger partial charge is 0.393 e. The summed E-state index contributed by atoms with van der Waals surface area (Å²) in [7, 11) is 0. The first-order valence-corrected chi connectivity index (χ1v) is 12.0. The van der Waals surface area contributed by atoms with Crippen LogP contribution in [0.2, 0.25) is 0 Å². The standard InChI is InChI=1S/C24H46O4/c1-3-5-7-15-18-22(25)19-16-12-10-8-9-11-13-17-21-24(27)28-23(26)20-14-6-4-2/h22,25H,3-21H2,1-2H3. The SMILES string of the molecule is CCCCCCC(O)CCCCCCCCCCC(=O)OC(=O)CCCCC. The van der Waals surface area contributed by atoms with Crippen molar-refractivity contribution < 1.29 is 19.4 Å². The summed E-state index contributed by atoms with van der Waals surface area (Å²) in [6, 6.07) is 0. The van der Waals surface area contributed by atoms with Gasteiger partial charge in [-0.1, -0.05) is 97.3 Å². The zero-order valence-electron chi connectivity index (χ0n) is 18.7. The van der Waals surface area contributed by atoms with Crippen molar-refractivity contribution in [3.05, 3.63) is 0 Å². The van der Waals surface area contributed by atoms with Crippen molar-refractivity contribution in [1.82, 2.24) is 0 Å². The van der Waals surface area contributed by atoms with Crippen LogP contribution in [0.5, 0.6) is 0 Å². The molecule has 4 nitrogen and oxygen atoms in total. The van der Waals surface area contributed by atoms with E-state index in [2.05, 4.69) is 13.8 Å². The van der Waals surface area contributed by atoms with Gasteiger partial charge in [-0.2, -0.15) is 0 Å². The van der Waals surface area contributed by atoms with Gasteiger partial charge in [0, 0.05) is 12.8 Å². The highest BCUT2D eigenvalue weighted by Gasteiger charge is 2.09. The molecule has 0 aliphatic carbocycles. The van der Waals surface area contributed by atoms with Gasteiger partial charge in [0.05, 0.1) is 6.10 Å². The topological polar surface area (TPSA) is 63.6 Å². The monoisotopic (exact) mass is 398 g/mol. The first-order valence-electron chi connectivity index (χ1n) is 12.0. The van der Waals surface area contributed by atoms with Crippen LogP contribution in [-0.2, 0) is 14.3 Å². The molecular weight excluding hydrogens is 352 g/mol. The van der Waals surface area contributed by atoms with Crippen LogP contribution >= 0.6 is 0 Å². The molecular formula is C24H46O4. The summed E-state index contributed by atoms with van der Waals surface area (Å²) < 4.78 is 4.83. The molecule has 0 saturated carbocycles. The lowest BCUT2D eigenvalue weighted by atomic mass is 10.0. The van der Waals surface area contributed by atoms with Crippen LogP contribution in [0.15, 0.2) is 0 Å². The van der Waals surface area contributed by atoms with E-state index in [0.29, 0.717) is 12.8 Å². The van der Waals surface area contributed by atoms with Crippen LogP contribution in [0.3, 0.4) is 0 Å². The Labute approximate surface area is 173 Å². The molecule has 1 unspecified atom stereocenters. The maximum atomic E-state index is 11.6. The lowest BCUT2D eigenvalue weighted by molar-refractivity contribution is -0.159. The van der Waals surface area contributed by atoms with Gasteiger partial charge in [0.2, 0.25) is 0 Å². The molecule has 1 atom stereocenters. The van der Waals surface area contributed by atoms with E-state index in [1.165, 1.54) is 44.9 Å². The van der Waals surface area contributed by atoms with Crippen LogP contribution < -0.4 is 0 Å². The molecule has 0 rings (SSSR count). The van der Waals surface area contributed by atoms with E-state index in [1.807, 2.05) is 0 Å². The molecule has 0 aromatic rings. The summed E-state index contributed by atoms with van der Waals surface area (Å²) in [6.07, 6.45) is 19.3. The minimum Gasteiger partial charge on any atom is -0.393 e. The second kappa shape index (κ2) is 20.8. The van der Waals surface area contributed by atoms with Gasteiger partial charge in [-0.25, -0.2) is 0 Å². The van der Waals surface area contributed by atoms with Crippen LogP contribution in [0.1, 0.15) is 136 Å².